The van der Waals surface area contributed by atoms with Crippen molar-refractivity contribution in [3.63, 3.8) is 0 Å². The summed E-state index contributed by atoms with van der Waals surface area (Å²) in [5, 5.41) is 0. The molecule has 0 unspecified atom stereocenters. The predicted molar refractivity (Wildman–Crippen MR) is 99.0 cm³/mol. The first-order valence-electron chi connectivity index (χ1n) is 8.32. The second-order valence-electron chi connectivity index (χ2n) is 6.47. The van der Waals surface area contributed by atoms with Crippen molar-refractivity contribution in [1.82, 2.24) is 4.37 Å². The van der Waals surface area contributed by atoms with Crippen molar-refractivity contribution in [1.29, 1.82) is 0 Å². The average Bonchev–Trinajstić information content (AvgIpc) is 3.33. The summed E-state index contributed by atoms with van der Waals surface area (Å²) in [5.74, 6) is -0.318. The number of carbonyl (C=O) groups is 2. The molecular formula is C18H19NO6S2. The Morgan fingerprint density at radius 3 is 2.67 bits per heavy atom. The van der Waals surface area contributed by atoms with Gasteiger partial charge in [0.15, 0.2) is 25.4 Å². The van der Waals surface area contributed by atoms with Gasteiger partial charge in [0.05, 0.1) is 7.11 Å². The summed E-state index contributed by atoms with van der Waals surface area (Å²) in [4.78, 5) is 24.2. The van der Waals surface area contributed by atoms with Gasteiger partial charge >= 0.3 is 5.97 Å². The summed E-state index contributed by atoms with van der Waals surface area (Å²) in [6.07, 6.45) is 3.76. The van der Waals surface area contributed by atoms with E-state index in [4.69, 9.17) is 4.74 Å². The lowest BCUT2D eigenvalue weighted by atomic mass is 10.0. The van der Waals surface area contributed by atoms with Crippen LogP contribution in [-0.2, 0) is 21.2 Å². The molecule has 1 aliphatic carbocycles. The van der Waals surface area contributed by atoms with Gasteiger partial charge in [-0.2, -0.15) is 4.37 Å². The molecule has 0 saturated heterocycles. The molecule has 1 aliphatic rings. The van der Waals surface area contributed by atoms with E-state index in [9.17, 15) is 18.0 Å². The molecule has 0 bridgehead atoms. The number of carbonyl (C=O) groups excluding carboxylic acids is 2. The van der Waals surface area contributed by atoms with E-state index in [0.717, 1.165) is 31.8 Å². The molecule has 0 spiro atoms. The van der Waals surface area contributed by atoms with Crippen LogP contribution in [0.25, 0.3) is 0 Å². The maximum Gasteiger partial charge on any atom is 0.345 e. The number of methoxy groups -OCH3 is 1. The topological polar surface area (TPSA) is 99.6 Å². The van der Waals surface area contributed by atoms with E-state index in [1.165, 1.54) is 0 Å². The van der Waals surface area contributed by atoms with Crippen LogP contribution >= 0.6 is 11.5 Å². The number of sulfone groups is 1. The minimum Gasteiger partial charge on any atom is -0.472 e. The molecule has 0 aliphatic heterocycles. The predicted octanol–water partition coefficient (Wildman–Crippen LogP) is 2.90. The fourth-order valence-corrected chi connectivity index (χ4v) is 4.34. The van der Waals surface area contributed by atoms with E-state index in [-0.39, 0.29) is 28.0 Å². The molecule has 0 atom stereocenters. The van der Waals surface area contributed by atoms with Gasteiger partial charge in [-0.1, -0.05) is 18.2 Å². The minimum absolute atomic E-state index is 0.0431. The number of esters is 1. The third kappa shape index (κ3) is 4.72. The zero-order valence-electron chi connectivity index (χ0n) is 14.9. The summed E-state index contributed by atoms with van der Waals surface area (Å²) < 4.78 is 37.7. The number of rotatable bonds is 8. The monoisotopic (exact) mass is 409 g/mol. The molecule has 1 aromatic carbocycles. The van der Waals surface area contributed by atoms with Gasteiger partial charge in [0.25, 0.3) is 0 Å². The van der Waals surface area contributed by atoms with Gasteiger partial charge in [0.1, 0.15) is 6.61 Å². The number of nitrogens with zero attached hydrogens (tertiary/aromatic N) is 1. The number of Topliss-reactive ketones (excluding diaryl/α,β-unsaturated/α-hetero) is 1. The van der Waals surface area contributed by atoms with Gasteiger partial charge in [-0.15, -0.1) is 0 Å². The van der Waals surface area contributed by atoms with E-state index in [2.05, 4.69) is 9.11 Å². The third-order valence-corrected chi connectivity index (χ3v) is 6.79. The summed E-state index contributed by atoms with van der Waals surface area (Å²) in [6.45, 7) is 0.0431. The number of ether oxygens (including phenoxy) is 2. The second-order valence-corrected chi connectivity index (χ2v) is 9.46. The summed E-state index contributed by atoms with van der Waals surface area (Å²) in [7, 11) is -2.49. The highest BCUT2D eigenvalue weighted by Gasteiger charge is 2.29. The first-order valence-corrected chi connectivity index (χ1v) is 11.0. The van der Waals surface area contributed by atoms with Crippen molar-refractivity contribution in [2.75, 3.05) is 13.4 Å². The molecule has 7 nitrogen and oxygen atoms in total. The van der Waals surface area contributed by atoms with E-state index in [0.29, 0.717) is 29.4 Å². The van der Waals surface area contributed by atoms with Crippen LogP contribution in [0.3, 0.4) is 0 Å². The summed E-state index contributed by atoms with van der Waals surface area (Å²) in [6, 6.07) is 7.06. The number of hydrogen-bond donors (Lipinski definition) is 0. The molecule has 27 heavy (non-hydrogen) atoms. The standard InChI is InChI=1S/C18H19NO6S2/c1-24-17(21)15-16(19-26-18(15)27(2,22)23)25-10-12-4-3-5-13(8-12)14(20)9-11-6-7-11/h3-5,8,11H,6-7,9-10H2,1-2H3. The van der Waals surface area contributed by atoms with Gasteiger partial charge in [-0.05, 0) is 41.9 Å². The van der Waals surface area contributed by atoms with Gasteiger partial charge in [-0.25, -0.2) is 13.2 Å². The Bertz CT molecular complexity index is 975. The number of ketones is 1. The molecule has 0 radical (unpaired) electrons. The molecule has 2 aromatic rings. The Morgan fingerprint density at radius 2 is 2.04 bits per heavy atom. The Labute approximate surface area is 161 Å². The van der Waals surface area contributed by atoms with Crippen molar-refractivity contribution >= 4 is 33.1 Å². The van der Waals surface area contributed by atoms with Crippen molar-refractivity contribution in [2.24, 2.45) is 5.92 Å². The maximum absolute atomic E-state index is 12.2. The normalized spacial score (nSPS) is 14.0. The zero-order valence-corrected chi connectivity index (χ0v) is 16.6. The average molecular weight is 409 g/mol. The highest BCUT2D eigenvalue weighted by atomic mass is 32.2. The van der Waals surface area contributed by atoms with E-state index in [1.54, 1.807) is 24.3 Å². The van der Waals surface area contributed by atoms with Crippen LogP contribution in [0.15, 0.2) is 28.5 Å². The smallest absolute Gasteiger partial charge is 0.345 e. The Balaban J connectivity index is 1.78. The fraction of sp³-hybridized carbons (Fsp3) is 0.389. The van der Waals surface area contributed by atoms with Gasteiger partial charge in [0.2, 0.25) is 5.88 Å². The van der Waals surface area contributed by atoms with Crippen LogP contribution in [0.5, 0.6) is 5.88 Å². The first kappa shape index (κ1) is 19.5. The van der Waals surface area contributed by atoms with Crippen LogP contribution in [0, 0.1) is 5.92 Å². The fourth-order valence-electron chi connectivity index (χ4n) is 2.57. The Hall–Kier alpha value is -2.26. The molecule has 1 fully saturated rings. The van der Waals surface area contributed by atoms with E-state index in [1.807, 2.05) is 0 Å². The van der Waals surface area contributed by atoms with E-state index < -0.39 is 15.8 Å². The SMILES string of the molecule is COC(=O)c1c(OCc2cccc(C(=O)CC3CC3)c2)nsc1S(C)(=O)=O. The lowest BCUT2D eigenvalue weighted by Gasteiger charge is -2.07. The summed E-state index contributed by atoms with van der Waals surface area (Å²) in [5.41, 5.74) is 1.14. The number of aromatic nitrogens is 1. The van der Waals surface area contributed by atoms with Gasteiger partial charge in [-0.3, -0.25) is 4.79 Å². The van der Waals surface area contributed by atoms with Crippen LogP contribution in [0.1, 0.15) is 45.5 Å². The largest absolute Gasteiger partial charge is 0.472 e. The highest BCUT2D eigenvalue weighted by Crippen LogP contribution is 2.34. The zero-order chi connectivity index (χ0) is 19.6. The highest BCUT2D eigenvalue weighted by molar-refractivity contribution is 7.92. The van der Waals surface area contributed by atoms with Crippen molar-refractivity contribution in [3.05, 3.63) is 41.0 Å². The van der Waals surface area contributed by atoms with Crippen LogP contribution in [-0.4, -0.2) is 37.9 Å². The van der Waals surface area contributed by atoms with Crippen molar-refractivity contribution in [2.45, 2.75) is 30.1 Å². The Kier molecular flexibility index (Phi) is 5.61. The molecule has 9 heteroatoms. The maximum atomic E-state index is 12.2. The molecular weight excluding hydrogens is 390 g/mol. The number of benzene rings is 1. The van der Waals surface area contributed by atoms with E-state index >= 15 is 0 Å². The van der Waals surface area contributed by atoms with Gasteiger partial charge < -0.3 is 9.47 Å². The molecule has 144 valence electrons. The molecule has 3 rings (SSSR count). The Morgan fingerprint density at radius 1 is 1.30 bits per heavy atom. The van der Waals surface area contributed by atoms with Crippen LogP contribution < -0.4 is 4.74 Å². The van der Waals surface area contributed by atoms with Crippen molar-refractivity contribution in [3.8, 4) is 5.88 Å². The summed E-state index contributed by atoms with van der Waals surface area (Å²) >= 11 is 0.666. The van der Waals surface area contributed by atoms with Gasteiger partial charge in [0, 0.05) is 18.2 Å². The third-order valence-electron chi connectivity index (χ3n) is 4.15. The molecule has 0 N–H and O–H groups in total. The second kappa shape index (κ2) is 7.77. The first-order chi connectivity index (χ1) is 12.8. The van der Waals surface area contributed by atoms with Crippen molar-refractivity contribution < 1.29 is 27.5 Å². The number of hydrogen-bond acceptors (Lipinski definition) is 8. The quantitative estimate of drug-likeness (QED) is 0.488. The molecule has 0 amide bonds. The molecule has 1 saturated carbocycles. The lowest BCUT2D eigenvalue weighted by Crippen LogP contribution is -2.09. The van der Waals surface area contributed by atoms with Crippen LogP contribution in [0.2, 0.25) is 0 Å². The lowest BCUT2D eigenvalue weighted by molar-refractivity contribution is 0.0591. The minimum atomic E-state index is -3.64. The molecule has 1 heterocycles. The van der Waals surface area contributed by atoms with Crippen LogP contribution in [0.4, 0.5) is 0 Å². The molecule has 1 aromatic heterocycles.